The molecule has 0 aliphatic heterocycles. The Morgan fingerprint density at radius 3 is 2.67 bits per heavy atom. The molecule has 1 aromatic carbocycles. The molecule has 0 bridgehead atoms. The number of benzene rings is 1. The van der Waals surface area contributed by atoms with Crippen LogP contribution in [0.3, 0.4) is 0 Å². The molecule has 0 saturated carbocycles. The van der Waals surface area contributed by atoms with Gasteiger partial charge in [0.25, 0.3) is 0 Å². The summed E-state index contributed by atoms with van der Waals surface area (Å²) in [5.74, 6) is 1.41. The summed E-state index contributed by atoms with van der Waals surface area (Å²) < 4.78 is 5.63. The van der Waals surface area contributed by atoms with Crippen LogP contribution in [-0.4, -0.2) is 23.2 Å². The van der Waals surface area contributed by atoms with Gasteiger partial charge in [-0.25, -0.2) is 10.3 Å². The van der Waals surface area contributed by atoms with Crippen molar-refractivity contribution in [3.8, 4) is 11.3 Å². The summed E-state index contributed by atoms with van der Waals surface area (Å²) in [6.07, 6.45) is 0. The quantitative estimate of drug-likeness (QED) is 0.646. The average molecular weight is 246 g/mol. The third-order valence-corrected chi connectivity index (χ3v) is 2.56. The van der Waals surface area contributed by atoms with Gasteiger partial charge in [-0.1, -0.05) is 30.3 Å². The normalized spacial score (nSPS) is 10.1. The molecule has 0 atom stereocenters. The maximum Gasteiger partial charge on any atom is 0.341 e. The van der Waals surface area contributed by atoms with Crippen LogP contribution in [0.4, 0.5) is 4.79 Å². The largest absolute Gasteiger partial charge is 0.459 e. The first-order valence-corrected chi connectivity index (χ1v) is 5.50. The maximum atomic E-state index is 11.1. The maximum absolute atomic E-state index is 11.1. The summed E-state index contributed by atoms with van der Waals surface area (Å²) in [5.41, 5.74) is 2.55. The number of rotatable bonds is 3. The number of nitrogens with zero attached hydrogens (tertiary/aromatic N) is 1. The lowest BCUT2D eigenvalue weighted by molar-refractivity contribution is 0.133. The number of carbonyl (C=O) groups excluding carboxylic acids is 1. The van der Waals surface area contributed by atoms with Gasteiger partial charge in [0.05, 0.1) is 6.54 Å². The van der Waals surface area contributed by atoms with Gasteiger partial charge in [-0.15, -0.1) is 0 Å². The lowest BCUT2D eigenvalue weighted by Gasteiger charge is -2.13. The van der Waals surface area contributed by atoms with Crippen molar-refractivity contribution in [1.82, 2.24) is 10.4 Å². The lowest BCUT2D eigenvalue weighted by atomic mass is 10.2. The van der Waals surface area contributed by atoms with Gasteiger partial charge >= 0.3 is 6.03 Å². The molecule has 0 aliphatic rings. The summed E-state index contributed by atoms with van der Waals surface area (Å²) in [6, 6.07) is 12.8. The zero-order chi connectivity index (χ0) is 13.0. The van der Waals surface area contributed by atoms with Crippen LogP contribution in [0.25, 0.3) is 11.3 Å². The zero-order valence-electron chi connectivity index (χ0n) is 9.96. The summed E-state index contributed by atoms with van der Waals surface area (Å²) in [7, 11) is 1.57. The molecule has 5 nitrogen and oxygen atoms in total. The highest BCUT2D eigenvalue weighted by Crippen LogP contribution is 2.22. The molecule has 0 saturated heterocycles. The van der Waals surface area contributed by atoms with E-state index in [1.165, 1.54) is 4.90 Å². The molecule has 5 heteroatoms. The Hall–Kier alpha value is -2.27. The topological polar surface area (TPSA) is 65.7 Å². The van der Waals surface area contributed by atoms with Crippen molar-refractivity contribution in [1.29, 1.82) is 0 Å². The summed E-state index contributed by atoms with van der Waals surface area (Å²) in [6.45, 7) is 0.291. The van der Waals surface area contributed by atoms with Crippen LogP contribution in [0, 0.1) is 0 Å². The molecular formula is C13H14N2O3. The van der Waals surface area contributed by atoms with Crippen LogP contribution in [-0.2, 0) is 6.54 Å². The van der Waals surface area contributed by atoms with Crippen molar-refractivity contribution in [3.63, 3.8) is 0 Å². The van der Waals surface area contributed by atoms with E-state index in [2.05, 4.69) is 0 Å². The van der Waals surface area contributed by atoms with E-state index >= 15 is 0 Å². The Bertz CT molecular complexity index is 522. The second-order valence-corrected chi connectivity index (χ2v) is 3.91. The van der Waals surface area contributed by atoms with Crippen LogP contribution in [0.1, 0.15) is 5.76 Å². The molecular weight excluding hydrogens is 232 g/mol. The molecule has 0 fully saturated rings. The third-order valence-electron chi connectivity index (χ3n) is 2.56. The fourth-order valence-electron chi connectivity index (χ4n) is 1.61. The fraction of sp³-hybridized carbons (Fsp3) is 0.154. The smallest absolute Gasteiger partial charge is 0.341 e. The van der Waals surface area contributed by atoms with E-state index in [0.717, 1.165) is 11.3 Å². The standard InChI is InChI=1S/C13H14N2O3/c1-15(13(16)14-17)9-11-7-8-12(18-11)10-5-3-2-4-6-10/h2-8,17H,9H2,1H3,(H,14,16). The van der Waals surface area contributed by atoms with Gasteiger partial charge in [-0.2, -0.15) is 0 Å². The number of hydrogen-bond donors (Lipinski definition) is 2. The molecule has 18 heavy (non-hydrogen) atoms. The number of nitrogens with one attached hydrogen (secondary N) is 1. The molecule has 0 radical (unpaired) electrons. The van der Waals surface area contributed by atoms with Crippen LogP contribution >= 0.6 is 0 Å². The van der Waals surface area contributed by atoms with Gasteiger partial charge in [0.15, 0.2) is 0 Å². The first-order valence-electron chi connectivity index (χ1n) is 5.50. The van der Waals surface area contributed by atoms with Gasteiger partial charge < -0.3 is 9.32 Å². The molecule has 0 unspecified atom stereocenters. The van der Waals surface area contributed by atoms with Crippen molar-refractivity contribution in [2.75, 3.05) is 7.05 Å². The predicted molar refractivity (Wildman–Crippen MR) is 65.9 cm³/mol. The summed E-state index contributed by atoms with van der Waals surface area (Å²) in [4.78, 5) is 12.4. The number of furan rings is 1. The fourth-order valence-corrected chi connectivity index (χ4v) is 1.61. The molecule has 2 rings (SSSR count). The highest BCUT2D eigenvalue weighted by atomic mass is 16.5. The molecule has 0 spiro atoms. The van der Waals surface area contributed by atoms with Crippen molar-refractivity contribution >= 4 is 6.03 Å². The monoisotopic (exact) mass is 246 g/mol. The lowest BCUT2D eigenvalue weighted by Crippen LogP contribution is -2.34. The Balaban J connectivity index is 2.09. The third kappa shape index (κ3) is 2.70. The minimum atomic E-state index is -0.576. The average Bonchev–Trinajstić information content (AvgIpc) is 2.87. The summed E-state index contributed by atoms with van der Waals surface area (Å²) in [5, 5.41) is 8.49. The van der Waals surface area contributed by atoms with Gasteiger partial charge in [0, 0.05) is 12.6 Å². The molecule has 1 heterocycles. The highest BCUT2D eigenvalue weighted by Gasteiger charge is 2.10. The van der Waals surface area contributed by atoms with Gasteiger partial charge in [0.2, 0.25) is 0 Å². The van der Waals surface area contributed by atoms with E-state index in [-0.39, 0.29) is 0 Å². The van der Waals surface area contributed by atoms with Gasteiger partial charge in [-0.05, 0) is 12.1 Å². The first kappa shape index (κ1) is 12.2. The van der Waals surface area contributed by atoms with Crippen molar-refractivity contribution < 1.29 is 14.4 Å². The second kappa shape index (κ2) is 5.37. The van der Waals surface area contributed by atoms with Crippen LogP contribution in [0.5, 0.6) is 0 Å². The Morgan fingerprint density at radius 2 is 2.00 bits per heavy atom. The predicted octanol–water partition coefficient (Wildman–Crippen LogP) is 2.48. The second-order valence-electron chi connectivity index (χ2n) is 3.91. The van der Waals surface area contributed by atoms with Crippen LogP contribution in [0.2, 0.25) is 0 Å². The number of amides is 2. The Labute approximate surface area is 105 Å². The Kier molecular flexibility index (Phi) is 3.64. The van der Waals surface area contributed by atoms with E-state index in [0.29, 0.717) is 12.3 Å². The van der Waals surface area contributed by atoms with Gasteiger partial charge in [0.1, 0.15) is 11.5 Å². The summed E-state index contributed by atoms with van der Waals surface area (Å²) >= 11 is 0. The van der Waals surface area contributed by atoms with E-state index < -0.39 is 6.03 Å². The molecule has 94 valence electrons. The van der Waals surface area contributed by atoms with Crippen molar-refractivity contribution in [2.24, 2.45) is 0 Å². The molecule has 2 aromatic rings. The first-order chi connectivity index (χ1) is 8.70. The van der Waals surface area contributed by atoms with E-state index in [1.807, 2.05) is 42.5 Å². The SMILES string of the molecule is CN(Cc1ccc(-c2ccccc2)o1)C(=O)NO. The van der Waals surface area contributed by atoms with E-state index in [4.69, 9.17) is 9.62 Å². The van der Waals surface area contributed by atoms with Crippen molar-refractivity contribution in [3.05, 3.63) is 48.2 Å². The Morgan fingerprint density at radius 1 is 1.28 bits per heavy atom. The molecule has 1 aromatic heterocycles. The van der Waals surface area contributed by atoms with Gasteiger partial charge in [-0.3, -0.25) is 5.21 Å². The number of carbonyl (C=O) groups is 1. The van der Waals surface area contributed by atoms with E-state index in [9.17, 15) is 4.79 Å². The number of urea groups is 1. The molecule has 2 amide bonds. The zero-order valence-corrected chi connectivity index (χ0v) is 9.96. The number of hydrogen-bond acceptors (Lipinski definition) is 3. The minimum Gasteiger partial charge on any atom is -0.459 e. The molecule has 0 aliphatic carbocycles. The van der Waals surface area contributed by atoms with Crippen molar-refractivity contribution in [2.45, 2.75) is 6.54 Å². The molecule has 2 N–H and O–H groups in total. The highest BCUT2D eigenvalue weighted by molar-refractivity contribution is 5.72. The van der Waals surface area contributed by atoms with E-state index in [1.54, 1.807) is 12.5 Å². The van der Waals surface area contributed by atoms with Crippen LogP contribution < -0.4 is 5.48 Å². The number of hydroxylamine groups is 1. The minimum absolute atomic E-state index is 0.291. The van der Waals surface area contributed by atoms with Crippen LogP contribution in [0.15, 0.2) is 46.9 Å².